The first-order valence-corrected chi connectivity index (χ1v) is 16.2. The number of hydrogen-bond donors (Lipinski definition) is 0. The zero-order valence-electron chi connectivity index (χ0n) is 24.5. The van der Waals surface area contributed by atoms with Gasteiger partial charge in [0.15, 0.2) is 0 Å². The van der Waals surface area contributed by atoms with Crippen LogP contribution in [0.25, 0.3) is 0 Å². The molecule has 204 valence electrons. The first kappa shape index (κ1) is 32.2. The summed E-state index contributed by atoms with van der Waals surface area (Å²) >= 11 is 0. The van der Waals surface area contributed by atoms with Crippen LogP contribution in [0.15, 0.2) is 12.1 Å². The molecule has 1 heteroatoms. The van der Waals surface area contributed by atoms with Crippen molar-refractivity contribution in [1.29, 1.82) is 0 Å². The first-order chi connectivity index (χ1) is 17.3. The normalized spacial score (nSPS) is 11.4. The number of aromatic nitrogens is 1. The zero-order valence-corrected chi connectivity index (χ0v) is 24.5. The minimum absolute atomic E-state index is 1.17. The van der Waals surface area contributed by atoms with Crippen molar-refractivity contribution >= 4 is 0 Å². The molecule has 1 rings (SSSR count). The first-order valence-electron chi connectivity index (χ1n) is 16.2. The third-order valence-electron chi connectivity index (χ3n) is 7.65. The predicted octanol–water partition coefficient (Wildman–Crippen LogP) is 11.9. The lowest BCUT2D eigenvalue weighted by atomic mass is 10.0. The van der Waals surface area contributed by atoms with Gasteiger partial charge >= 0.3 is 0 Å². The van der Waals surface area contributed by atoms with Crippen molar-refractivity contribution < 1.29 is 0 Å². The molecule has 0 aliphatic heterocycles. The molecule has 1 nitrogen and oxygen atoms in total. The largest absolute Gasteiger partial charge is 0.258 e. The maximum atomic E-state index is 5.01. The number of unbranched alkanes of at least 4 members (excludes halogenated alkanes) is 22. The zero-order chi connectivity index (χ0) is 25.2. The lowest BCUT2D eigenvalue weighted by Gasteiger charge is -2.08. The van der Waals surface area contributed by atoms with E-state index in [0.29, 0.717) is 0 Å². The van der Waals surface area contributed by atoms with Crippen LogP contribution in [0.5, 0.6) is 0 Å². The SMILES string of the molecule is CCCCCCCCCCCCCCc1cc(C)cc(CCCCCCCCCCCCCC)n1. The van der Waals surface area contributed by atoms with Crippen molar-refractivity contribution in [3.63, 3.8) is 0 Å². The summed E-state index contributed by atoms with van der Waals surface area (Å²) in [4.78, 5) is 5.01. The Morgan fingerprint density at radius 2 is 0.657 bits per heavy atom. The summed E-state index contributed by atoms with van der Waals surface area (Å²) in [5, 5.41) is 0. The van der Waals surface area contributed by atoms with E-state index in [0.717, 1.165) is 0 Å². The van der Waals surface area contributed by atoms with E-state index in [1.165, 1.54) is 184 Å². The Morgan fingerprint density at radius 3 is 0.943 bits per heavy atom. The van der Waals surface area contributed by atoms with E-state index in [9.17, 15) is 0 Å². The van der Waals surface area contributed by atoms with Crippen molar-refractivity contribution in [3.8, 4) is 0 Å². The van der Waals surface area contributed by atoms with Gasteiger partial charge < -0.3 is 0 Å². The monoisotopic (exact) mass is 485 g/mol. The second-order valence-corrected chi connectivity index (χ2v) is 11.4. The van der Waals surface area contributed by atoms with Crippen LogP contribution in [0.4, 0.5) is 0 Å². The fraction of sp³-hybridized carbons (Fsp3) is 0.853. The van der Waals surface area contributed by atoms with Crippen LogP contribution in [-0.4, -0.2) is 4.98 Å². The Bertz CT molecular complexity index is 517. The van der Waals surface area contributed by atoms with Crippen LogP contribution >= 0.6 is 0 Å². The highest BCUT2D eigenvalue weighted by Gasteiger charge is 2.02. The molecule has 0 atom stereocenters. The number of nitrogens with zero attached hydrogens (tertiary/aromatic N) is 1. The molecule has 0 amide bonds. The number of hydrogen-bond acceptors (Lipinski definition) is 1. The molecule has 0 unspecified atom stereocenters. The summed E-state index contributed by atoms with van der Waals surface area (Å²) in [5.41, 5.74) is 4.08. The van der Waals surface area contributed by atoms with Gasteiger partial charge in [-0.25, -0.2) is 0 Å². The van der Waals surface area contributed by atoms with E-state index >= 15 is 0 Å². The van der Waals surface area contributed by atoms with Gasteiger partial charge in [0.1, 0.15) is 0 Å². The van der Waals surface area contributed by atoms with E-state index < -0.39 is 0 Å². The molecular weight excluding hydrogens is 422 g/mol. The fourth-order valence-corrected chi connectivity index (χ4v) is 5.37. The lowest BCUT2D eigenvalue weighted by Crippen LogP contribution is -1.98. The molecule has 0 fully saturated rings. The van der Waals surface area contributed by atoms with Crippen LogP contribution in [0, 0.1) is 6.92 Å². The van der Waals surface area contributed by atoms with Crippen LogP contribution < -0.4 is 0 Å². The average Bonchev–Trinajstić information content (AvgIpc) is 2.85. The van der Waals surface area contributed by atoms with Crippen molar-refractivity contribution in [2.75, 3.05) is 0 Å². The van der Waals surface area contributed by atoms with Crippen molar-refractivity contribution in [2.45, 2.75) is 188 Å². The molecule has 0 aliphatic rings. The maximum absolute atomic E-state index is 5.01. The molecule has 1 heterocycles. The van der Waals surface area contributed by atoms with Gasteiger partial charge in [-0.1, -0.05) is 155 Å². The summed E-state index contributed by atoms with van der Waals surface area (Å²) < 4.78 is 0. The van der Waals surface area contributed by atoms with Gasteiger partial charge in [-0.2, -0.15) is 0 Å². The lowest BCUT2D eigenvalue weighted by molar-refractivity contribution is 0.542. The van der Waals surface area contributed by atoms with Gasteiger partial charge in [0, 0.05) is 11.4 Å². The number of aryl methyl sites for hydroxylation is 3. The molecule has 0 aromatic carbocycles. The summed E-state index contributed by atoms with van der Waals surface area (Å²) in [7, 11) is 0. The van der Waals surface area contributed by atoms with Crippen LogP contribution in [0.2, 0.25) is 0 Å². The molecule has 0 N–H and O–H groups in total. The number of rotatable bonds is 26. The Labute approximate surface area is 221 Å². The summed E-state index contributed by atoms with van der Waals surface area (Å²) in [5.74, 6) is 0. The quantitative estimate of drug-likeness (QED) is 0.119. The van der Waals surface area contributed by atoms with Gasteiger partial charge in [-0.15, -0.1) is 0 Å². The van der Waals surface area contributed by atoms with Gasteiger partial charge in [0.05, 0.1) is 0 Å². The van der Waals surface area contributed by atoms with Gasteiger partial charge in [-0.3, -0.25) is 4.98 Å². The smallest absolute Gasteiger partial charge is 0.0409 e. The Balaban J connectivity index is 1.99. The van der Waals surface area contributed by atoms with E-state index in [-0.39, 0.29) is 0 Å². The van der Waals surface area contributed by atoms with Crippen molar-refractivity contribution in [3.05, 3.63) is 29.1 Å². The Kier molecular flexibility index (Phi) is 22.8. The van der Waals surface area contributed by atoms with E-state index in [4.69, 9.17) is 4.98 Å². The Hall–Kier alpha value is -0.850. The standard InChI is InChI=1S/C34H63N/c1-4-6-8-10-12-14-16-18-20-22-24-26-28-33-30-32(3)31-34(35-33)29-27-25-23-21-19-17-15-13-11-9-7-5-2/h30-31H,4-29H2,1-3H3. The fourth-order valence-electron chi connectivity index (χ4n) is 5.37. The van der Waals surface area contributed by atoms with Crippen molar-refractivity contribution in [2.24, 2.45) is 0 Å². The highest BCUT2D eigenvalue weighted by molar-refractivity contribution is 5.20. The molecule has 35 heavy (non-hydrogen) atoms. The summed E-state index contributed by atoms with van der Waals surface area (Å²) in [6, 6.07) is 4.65. The molecule has 1 aromatic rings. The Morgan fingerprint density at radius 1 is 0.400 bits per heavy atom. The molecule has 0 saturated carbocycles. The average molecular weight is 486 g/mol. The third-order valence-corrected chi connectivity index (χ3v) is 7.65. The molecule has 0 spiro atoms. The minimum Gasteiger partial charge on any atom is -0.258 e. The summed E-state index contributed by atoms with van der Waals surface area (Å²) in [6.45, 7) is 6.85. The highest BCUT2D eigenvalue weighted by atomic mass is 14.7. The molecule has 1 aromatic heterocycles. The second-order valence-electron chi connectivity index (χ2n) is 11.4. The van der Waals surface area contributed by atoms with E-state index in [1.54, 1.807) is 0 Å². The van der Waals surface area contributed by atoms with Gasteiger partial charge in [0.25, 0.3) is 0 Å². The topological polar surface area (TPSA) is 12.9 Å². The maximum Gasteiger partial charge on any atom is 0.0409 e. The molecule has 0 radical (unpaired) electrons. The minimum atomic E-state index is 1.17. The van der Waals surface area contributed by atoms with E-state index in [2.05, 4.69) is 32.9 Å². The van der Waals surface area contributed by atoms with Crippen LogP contribution in [-0.2, 0) is 12.8 Å². The summed E-state index contributed by atoms with van der Waals surface area (Å²) in [6.07, 6.45) is 36.4. The van der Waals surface area contributed by atoms with Crippen LogP contribution in [0.3, 0.4) is 0 Å². The predicted molar refractivity (Wildman–Crippen MR) is 159 cm³/mol. The third kappa shape index (κ3) is 21.0. The number of pyridine rings is 1. The van der Waals surface area contributed by atoms with E-state index in [1.807, 2.05) is 0 Å². The molecule has 0 aliphatic carbocycles. The molecule has 0 saturated heterocycles. The highest BCUT2D eigenvalue weighted by Crippen LogP contribution is 2.16. The molecule has 0 bridgehead atoms. The van der Waals surface area contributed by atoms with Gasteiger partial charge in [-0.05, 0) is 50.3 Å². The van der Waals surface area contributed by atoms with Gasteiger partial charge in [0.2, 0.25) is 0 Å². The molecular formula is C34H63N. The second kappa shape index (κ2) is 24.8. The van der Waals surface area contributed by atoms with Crippen LogP contribution in [0.1, 0.15) is 185 Å². The van der Waals surface area contributed by atoms with Crippen molar-refractivity contribution in [1.82, 2.24) is 4.98 Å².